The van der Waals surface area contributed by atoms with Crippen molar-refractivity contribution in [3.8, 4) is 0 Å². The number of aliphatic carboxylic acids is 1. The molecule has 0 aliphatic rings. The third-order valence-corrected chi connectivity index (χ3v) is 0.871. The zero-order valence-electron chi connectivity index (χ0n) is 4.63. The van der Waals surface area contributed by atoms with Crippen LogP contribution in [0.1, 0.15) is 0 Å². The molecule has 0 atom stereocenters. The zero-order chi connectivity index (χ0) is 6.78. The third-order valence-electron chi connectivity index (χ3n) is 0.290. The van der Waals surface area contributed by atoms with Crippen LogP contribution in [0.4, 0.5) is 3.89 Å². The van der Waals surface area contributed by atoms with Gasteiger partial charge < -0.3 is 9.90 Å². The smallest absolute Gasteiger partial charge is 0.549 e. The minimum absolute atomic E-state index is 0. The normalized spacial score (nSPS) is 9.89. The molecule has 0 aromatic heterocycles. The Balaban J connectivity index is 0. The van der Waals surface area contributed by atoms with Crippen LogP contribution in [0.25, 0.3) is 0 Å². The molecule has 0 fully saturated rings. The molecule has 0 aliphatic heterocycles. The van der Waals surface area contributed by atoms with E-state index in [2.05, 4.69) is 0 Å². The van der Waals surface area contributed by atoms with Crippen molar-refractivity contribution in [1.29, 1.82) is 0 Å². The van der Waals surface area contributed by atoms with Gasteiger partial charge in [-0.3, -0.25) is 0 Å². The Morgan fingerprint density at radius 2 is 1.89 bits per heavy atom. The number of hydrogen-bond acceptors (Lipinski definition) is 4. The second-order valence-corrected chi connectivity index (χ2v) is 2.42. The van der Waals surface area contributed by atoms with E-state index in [4.69, 9.17) is 0 Å². The van der Waals surface area contributed by atoms with Crippen molar-refractivity contribution >= 4 is 16.2 Å². The first-order chi connectivity index (χ1) is 3.42. The predicted molar refractivity (Wildman–Crippen MR) is 19.9 cm³/mol. The van der Waals surface area contributed by atoms with Crippen molar-refractivity contribution in [3.63, 3.8) is 0 Å². The van der Waals surface area contributed by atoms with E-state index in [1.165, 1.54) is 0 Å². The van der Waals surface area contributed by atoms with Crippen molar-refractivity contribution in [1.82, 2.24) is 0 Å². The van der Waals surface area contributed by atoms with Crippen LogP contribution in [0.2, 0.25) is 0 Å². The first-order valence-corrected chi connectivity index (χ1v) is 3.09. The number of carboxylic acids is 1. The van der Waals surface area contributed by atoms with E-state index in [-0.39, 0.29) is 18.9 Å². The average Bonchev–Trinajstić information content (AvgIpc) is 1.21. The van der Waals surface area contributed by atoms with E-state index in [0.29, 0.717) is 0 Å². The van der Waals surface area contributed by atoms with Crippen molar-refractivity contribution in [3.05, 3.63) is 0 Å². The van der Waals surface area contributed by atoms with Gasteiger partial charge in [-0.05, 0) is 0 Å². The number of carbonyl (C=O) groups excluding carboxylic acids is 1. The fourth-order valence-corrected chi connectivity index (χ4v) is 0.422. The second kappa shape index (κ2) is 3.88. The Morgan fingerprint density at radius 3 is 1.89 bits per heavy atom. The first-order valence-electron chi connectivity index (χ1n) is 1.54. The molecule has 0 bridgehead atoms. The van der Waals surface area contributed by atoms with E-state index in [1.54, 1.807) is 0 Å². The molecule has 7 heteroatoms. The van der Waals surface area contributed by atoms with Crippen LogP contribution < -0.4 is 24.0 Å². The number of carboxylic acid groups (broad SMARTS) is 1. The summed E-state index contributed by atoms with van der Waals surface area (Å²) in [6.07, 6.45) is 0. The molecule has 0 spiro atoms. The topological polar surface area (TPSA) is 74.3 Å². The van der Waals surface area contributed by atoms with Crippen LogP contribution >= 0.6 is 0 Å². The van der Waals surface area contributed by atoms with E-state index in [9.17, 15) is 22.2 Å². The molecular weight excluding hydrogens is 146 g/mol. The summed E-state index contributed by atoms with van der Waals surface area (Å²) < 4.78 is 29.9. The number of carbonyl (C=O) groups is 1. The molecule has 0 amide bonds. The molecule has 0 radical (unpaired) electrons. The second-order valence-electron chi connectivity index (χ2n) is 1.06. The molecule has 48 valence electrons. The van der Waals surface area contributed by atoms with Crippen molar-refractivity contribution in [2.24, 2.45) is 0 Å². The molecule has 0 rings (SSSR count). The van der Waals surface area contributed by atoms with Crippen molar-refractivity contribution < 1.29 is 41.1 Å². The minimum Gasteiger partial charge on any atom is -0.549 e. The summed E-state index contributed by atoms with van der Waals surface area (Å²) in [6.45, 7) is 0. The molecule has 0 aliphatic carbocycles. The van der Waals surface area contributed by atoms with Crippen LogP contribution in [-0.4, -0.2) is 20.1 Å². The monoisotopic (exact) mass is 148 g/mol. The summed E-state index contributed by atoms with van der Waals surface area (Å²) >= 11 is 0. The van der Waals surface area contributed by atoms with Gasteiger partial charge in [-0.25, -0.2) is 0 Å². The molecule has 0 N–H and O–H groups in total. The summed E-state index contributed by atoms with van der Waals surface area (Å²) in [5.41, 5.74) is 0. The Hall–Kier alpha value is -0.0526. The molecule has 4 nitrogen and oxygen atoms in total. The van der Waals surface area contributed by atoms with Crippen molar-refractivity contribution in [2.45, 2.75) is 0 Å². The Labute approximate surface area is 63.4 Å². The van der Waals surface area contributed by atoms with Crippen LogP contribution in [0.3, 0.4) is 0 Å². The molecule has 0 aromatic carbocycles. The minimum atomic E-state index is -4.89. The molecule has 0 heterocycles. The van der Waals surface area contributed by atoms with Crippen LogP contribution in [0.5, 0.6) is 0 Å². The molecule has 0 saturated carbocycles. The van der Waals surface area contributed by atoms with Crippen LogP contribution in [0.15, 0.2) is 0 Å². The summed E-state index contributed by atoms with van der Waals surface area (Å²) in [5.74, 6) is -3.50. The average molecular weight is 148 g/mol. The zero-order valence-corrected chi connectivity index (χ0v) is 5.44. The maximum Gasteiger partial charge on any atom is 1.00 e. The van der Waals surface area contributed by atoms with Gasteiger partial charge in [0.25, 0.3) is 0 Å². The fraction of sp³-hybridized carbons (Fsp3) is 0.500. The number of hydrogen-bond donors (Lipinski definition) is 0. The molecule has 0 unspecified atom stereocenters. The van der Waals surface area contributed by atoms with E-state index in [0.717, 1.165) is 0 Å². The summed E-state index contributed by atoms with van der Waals surface area (Å²) in [5, 5.41) is 9.28. The van der Waals surface area contributed by atoms with Gasteiger partial charge in [0.05, 0.1) is 5.97 Å². The summed E-state index contributed by atoms with van der Waals surface area (Å²) in [4.78, 5) is 9.28. The molecular formula is C2H2FLiO4S. The maximum absolute atomic E-state index is 11.2. The summed E-state index contributed by atoms with van der Waals surface area (Å²) in [6, 6.07) is 0. The maximum atomic E-state index is 11.2. The first kappa shape index (κ1) is 11.7. The Bertz CT molecular complexity index is 185. The third kappa shape index (κ3) is 11.5. The van der Waals surface area contributed by atoms with Gasteiger partial charge in [0.1, 0.15) is 5.75 Å². The number of halogens is 1. The Kier molecular flexibility index (Phi) is 5.04. The van der Waals surface area contributed by atoms with Gasteiger partial charge in [0.2, 0.25) is 0 Å². The quantitative estimate of drug-likeness (QED) is 0.290. The van der Waals surface area contributed by atoms with Gasteiger partial charge in [-0.2, -0.15) is 8.42 Å². The van der Waals surface area contributed by atoms with Crippen molar-refractivity contribution in [2.75, 3.05) is 5.75 Å². The van der Waals surface area contributed by atoms with Crippen LogP contribution in [-0.2, 0) is 15.0 Å². The predicted octanol–water partition coefficient (Wildman–Crippen LogP) is -4.96. The van der Waals surface area contributed by atoms with Crippen LogP contribution in [0, 0.1) is 0 Å². The van der Waals surface area contributed by atoms with Gasteiger partial charge in [0, 0.05) is 0 Å². The SMILES string of the molecule is O=C([O-])CS(=O)(=O)F.[Li+]. The fourth-order valence-electron chi connectivity index (χ4n) is 0.141. The van der Waals surface area contributed by atoms with Gasteiger partial charge in [-0.15, -0.1) is 3.89 Å². The molecule has 9 heavy (non-hydrogen) atoms. The van der Waals surface area contributed by atoms with E-state index in [1.807, 2.05) is 0 Å². The van der Waals surface area contributed by atoms with Gasteiger partial charge >= 0.3 is 29.1 Å². The summed E-state index contributed by atoms with van der Waals surface area (Å²) in [7, 11) is -4.89. The van der Waals surface area contributed by atoms with Gasteiger partial charge in [-0.1, -0.05) is 0 Å². The standard InChI is InChI=1S/C2H3FO4S.Li/c3-8(6,7)1-2(4)5;/h1H2,(H,4,5);/q;+1/p-1. The molecule has 0 saturated heterocycles. The molecule has 0 aromatic rings. The van der Waals surface area contributed by atoms with Gasteiger partial charge in [0.15, 0.2) is 0 Å². The van der Waals surface area contributed by atoms with E-state index < -0.39 is 21.9 Å². The van der Waals surface area contributed by atoms with E-state index >= 15 is 0 Å². The number of rotatable bonds is 2. The Morgan fingerprint density at radius 1 is 1.56 bits per heavy atom. The largest absolute Gasteiger partial charge is 1.00 e.